The number of hydrogen-bond acceptors (Lipinski definition) is 1. The summed E-state index contributed by atoms with van der Waals surface area (Å²) in [7, 11) is 0. The molecule has 1 heterocycles. The summed E-state index contributed by atoms with van der Waals surface area (Å²) in [6.45, 7) is 3.07. The van der Waals surface area contributed by atoms with Gasteiger partial charge in [-0.2, -0.15) is 13.2 Å². The summed E-state index contributed by atoms with van der Waals surface area (Å²) in [5, 5.41) is 0. The first-order valence-electron chi connectivity index (χ1n) is 6.71. The van der Waals surface area contributed by atoms with Crippen molar-refractivity contribution in [2.24, 2.45) is 5.41 Å². The van der Waals surface area contributed by atoms with Crippen LogP contribution in [0.25, 0.3) is 0 Å². The van der Waals surface area contributed by atoms with Crippen LogP contribution in [-0.2, 0) is 11.0 Å². The number of benzene rings is 1. The Morgan fingerprint density at radius 1 is 1.30 bits per heavy atom. The summed E-state index contributed by atoms with van der Waals surface area (Å²) in [6, 6.07) is 4.44. The fourth-order valence-corrected chi connectivity index (χ4v) is 3.76. The average molecular weight is 283 g/mol. The highest BCUT2D eigenvalue weighted by Gasteiger charge is 2.52. The zero-order valence-electron chi connectivity index (χ0n) is 11.2. The van der Waals surface area contributed by atoms with E-state index in [1.807, 2.05) is 0 Å². The van der Waals surface area contributed by atoms with Crippen LogP contribution in [0.4, 0.5) is 13.2 Å². The standard InChI is InChI=1S/C15H16F3NO/c1-10-12(3-2-4-13(10)15(16,17)18)11-5-14(6-11)7-19(8-14)9-20/h2-4,9,11H,5-8H2,1H3. The molecule has 1 aliphatic heterocycles. The lowest BCUT2D eigenvalue weighted by Gasteiger charge is -2.58. The minimum atomic E-state index is -4.29. The number of hydrogen-bond donors (Lipinski definition) is 0. The van der Waals surface area contributed by atoms with Gasteiger partial charge in [0.15, 0.2) is 0 Å². The summed E-state index contributed by atoms with van der Waals surface area (Å²) < 4.78 is 38.7. The minimum Gasteiger partial charge on any atom is -0.344 e. The van der Waals surface area contributed by atoms with Crippen LogP contribution in [0.2, 0.25) is 0 Å². The molecule has 1 saturated heterocycles. The van der Waals surface area contributed by atoms with E-state index in [0.29, 0.717) is 5.56 Å². The fraction of sp³-hybridized carbons (Fsp3) is 0.533. The van der Waals surface area contributed by atoms with Crippen molar-refractivity contribution in [3.8, 4) is 0 Å². The van der Waals surface area contributed by atoms with E-state index in [1.54, 1.807) is 17.9 Å². The molecule has 1 aromatic rings. The van der Waals surface area contributed by atoms with E-state index in [1.165, 1.54) is 6.07 Å². The van der Waals surface area contributed by atoms with Gasteiger partial charge >= 0.3 is 6.18 Å². The third-order valence-corrected chi connectivity index (χ3v) is 4.71. The Hall–Kier alpha value is -1.52. The van der Waals surface area contributed by atoms with Crippen LogP contribution in [0.3, 0.4) is 0 Å². The topological polar surface area (TPSA) is 20.3 Å². The molecule has 0 radical (unpaired) electrons. The number of nitrogens with zero attached hydrogens (tertiary/aromatic N) is 1. The monoisotopic (exact) mass is 283 g/mol. The van der Waals surface area contributed by atoms with Crippen molar-refractivity contribution in [1.29, 1.82) is 0 Å². The summed E-state index contributed by atoms with van der Waals surface area (Å²) in [4.78, 5) is 12.3. The predicted molar refractivity (Wildman–Crippen MR) is 68.2 cm³/mol. The number of likely N-dealkylation sites (tertiary alicyclic amines) is 1. The molecular weight excluding hydrogens is 267 g/mol. The molecule has 2 fully saturated rings. The van der Waals surface area contributed by atoms with Crippen molar-refractivity contribution in [2.75, 3.05) is 13.1 Å². The minimum absolute atomic E-state index is 0.173. The first-order valence-corrected chi connectivity index (χ1v) is 6.71. The second-order valence-electron chi connectivity index (χ2n) is 6.13. The Bertz CT molecular complexity index is 539. The van der Waals surface area contributed by atoms with E-state index in [-0.39, 0.29) is 11.3 Å². The van der Waals surface area contributed by atoms with E-state index >= 15 is 0 Å². The maximum atomic E-state index is 12.9. The van der Waals surface area contributed by atoms with Crippen molar-refractivity contribution in [3.05, 3.63) is 34.9 Å². The normalized spacial score (nSPS) is 21.5. The lowest BCUT2D eigenvalue weighted by atomic mass is 9.56. The van der Waals surface area contributed by atoms with Gasteiger partial charge in [-0.05, 0) is 42.9 Å². The van der Waals surface area contributed by atoms with E-state index in [0.717, 1.165) is 44.0 Å². The average Bonchev–Trinajstić information content (AvgIpc) is 2.26. The van der Waals surface area contributed by atoms with Gasteiger partial charge in [-0.15, -0.1) is 0 Å². The molecule has 2 aliphatic rings. The molecule has 1 amide bonds. The summed E-state index contributed by atoms with van der Waals surface area (Å²) in [6.07, 6.45) is -1.67. The van der Waals surface area contributed by atoms with E-state index in [4.69, 9.17) is 0 Å². The van der Waals surface area contributed by atoms with Crippen LogP contribution >= 0.6 is 0 Å². The Labute approximate surface area is 115 Å². The van der Waals surface area contributed by atoms with Gasteiger partial charge in [-0.1, -0.05) is 12.1 Å². The lowest BCUT2D eigenvalue weighted by molar-refractivity contribution is -0.139. The highest BCUT2D eigenvalue weighted by molar-refractivity contribution is 5.50. The zero-order valence-corrected chi connectivity index (χ0v) is 11.2. The smallest absolute Gasteiger partial charge is 0.344 e. The molecule has 2 nitrogen and oxygen atoms in total. The maximum Gasteiger partial charge on any atom is 0.416 e. The van der Waals surface area contributed by atoms with Gasteiger partial charge in [-0.3, -0.25) is 4.79 Å². The molecular formula is C15H16F3NO. The molecule has 5 heteroatoms. The molecule has 108 valence electrons. The summed E-state index contributed by atoms with van der Waals surface area (Å²) in [5.74, 6) is 0.200. The third-order valence-electron chi connectivity index (χ3n) is 4.71. The number of rotatable bonds is 2. The van der Waals surface area contributed by atoms with Gasteiger partial charge in [0.1, 0.15) is 0 Å². The van der Waals surface area contributed by atoms with Gasteiger partial charge < -0.3 is 4.90 Å². The van der Waals surface area contributed by atoms with Crippen molar-refractivity contribution < 1.29 is 18.0 Å². The van der Waals surface area contributed by atoms with Crippen molar-refractivity contribution >= 4 is 6.41 Å². The first-order chi connectivity index (χ1) is 9.35. The highest BCUT2D eigenvalue weighted by atomic mass is 19.4. The maximum absolute atomic E-state index is 12.9. The fourth-order valence-electron chi connectivity index (χ4n) is 3.76. The molecule has 20 heavy (non-hydrogen) atoms. The predicted octanol–water partition coefficient (Wildman–Crippen LogP) is 3.35. The molecule has 1 spiro atoms. The summed E-state index contributed by atoms with van der Waals surface area (Å²) >= 11 is 0. The van der Waals surface area contributed by atoms with Gasteiger partial charge in [-0.25, -0.2) is 0 Å². The zero-order chi connectivity index (χ0) is 14.5. The first kappa shape index (κ1) is 13.5. The molecule has 1 aliphatic carbocycles. The van der Waals surface area contributed by atoms with E-state index in [2.05, 4.69) is 0 Å². The molecule has 0 aromatic heterocycles. The van der Waals surface area contributed by atoms with Gasteiger partial charge in [0.05, 0.1) is 5.56 Å². The Kier molecular flexibility index (Phi) is 2.85. The van der Waals surface area contributed by atoms with E-state index < -0.39 is 11.7 Å². The van der Waals surface area contributed by atoms with Crippen molar-refractivity contribution in [1.82, 2.24) is 4.90 Å². The molecule has 0 bridgehead atoms. The van der Waals surface area contributed by atoms with Crippen LogP contribution in [0.5, 0.6) is 0 Å². The number of alkyl halides is 3. The van der Waals surface area contributed by atoms with Crippen LogP contribution in [0.15, 0.2) is 18.2 Å². The van der Waals surface area contributed by atoms with Crippen molar-refractivity contribution in [2.45, 2.75) is 31.9 Å². The van der Waals surface area contributed by atoms with Crippen LogP contribution < -0.4 is 0 Å². The Morgan fingerprint density at radius 2 is 1.95 bits per heavy atom. The molecule has 0 atom stereocenters. The van der Waals surface area contributed by atoms with Gasteiger partial charge in [0.25, 0.3) is 0 Å². The second-order valence-corrected chi connectivity index (χ2v) is 6.13. The van der Waals surface area contributed by atoms with Gasteiger partial charge in [0.2, 0.25) is 6.41 Å². The molecule has 1 aromatic carbocycles. The lowest BCUT2D eigenvalue weighted by Crippen LogP contribution is -2.61. The SMILES string of the molecule is Cc1c(C2CC3(C2)CN(C=O)C3)cccc1C(F)(F)F. The number of carbonyl (C=O) groups is 1. The molecule has 3 rings (SSSR count). The quantitative estimate of drug-likeness (QED) is 0.762. The number of amides is 1. The second kappa shape index (κ2) is 4.24. The van der Waals surface area contributed by atoms with Crippen molar-refractivity contribution in [3.63, 3.8) is 0 Å². The van der Waals surface area contributed by atoms with Gasteiger partial charge in [0, 0.05) is 18.5 Å². The van der Waals surface area contributed by atoms with Crippen LogP contribution in [0, 0.1) is 12.3 Å². The molecule has 1 saturated carbocycles. The Balaban J connectivity index is 1.76. The number of halogens is 3. The van der Waals surface area contributed by atoms with E-state index in [9.17, 15) is 18.0 Å². The largest absolute Gasteiger partial charge is 0.416 e. The van der Waals surface area contributed by atoms with Crippen LogP contribution in [-0.4, -0.2) is 24.4 Å². The molecule has 0 N–H and O–H groups in total. The number of carbonyl (C=O) groups excluding carboxylic acids is 1. The third kappa shape index (κ3) is 2.00. The Morgan fingerprint density at radius 3 is 2.50 bits per heavy atom. The molecule has 0 unspecified atom stereocenters. The van der Waals surface area contributed by atoms with Crippen LogP contribution in [0.1, 0.15) is 35.4 Å². The summed E-state index contributed by atoms with van der Waals surface area (Å²) in [5.41, 5.74) is 0.812. The highest BCUT2D eigenvalue weighted by Crippen LogP contribution is 2.56.